The summed E-state index contributed by atoms with van der Waals surface area (Å²) in [4.78, 5) is 0. The van der Waals surface area contributed by atoms with Crippen LogP contribution in [-0.4, -0.2) is 25.5 Å². The van der Waals surface area contributed by atoms with Gasteiger partial charge in [0.25, 0.3) is 0 Å². The molecule has 0 spiro atoms. The van der Waals surface area contributed by atoms with Gasteiger partial charge in [0.1, 0.15) is 0 Å². The fourth-order valence-electron chi connectivity index (χ4n) is 3.58. The van der Waals surface area contributed by atoms with Crippen molar-refractivity contribution < 1.29 is 13.5 Å². The zero-order valence-electron chi connectivity index (χ0n) is 16.1. The summed E-state index contributed by atoms with van der Waals surface area (Å²) < 4.78 is 38.3. The molecule has 1 aromatic carbocycles. The molecule has 0 heterocycles. The van der Waals surface area contributed by atoms with Gasteiger partial charge in [-0.2, -0.15) is 0 Å². The summed E-state index contributed by atoms with van der Waals surface area (Å²) in [5.41, 5.74) is -0.0844. The second-order valence-corrected chi connectivity index (χ2v) is 20.0. The van der Waals surface area contributed by atoms with Gasteiger partial charge < -0.3 is 0 Å². The van der Waals surface area contributed by atoms with Crippen LogP contribution in [0.2, 0.25) is 13.3 Å². The van der Waals surface area contributed by atoms with Crippen molar-refractivity contribution in [1.82, 2.24) is 0 Å². The van der Waals surface area contributed by atoms with Crippen LogP contribution in [0.1, 0.15) is 64.9 Å². The van der Waals surface area contributed by atoms with Crippen LogP contribution >= 0.6 is 0 Å². The normalized spacial score (nSPS) is 11.4. The van der Waals surface area contributed by atoms with Crippen LogP contribution in [0.4, 0.5) is 8.78 Å². The topological polar surface area (TPSA) is 33.0 Å². The predicted molar refractivity (Wildman–Crippen MR) is 102 cm³/mol. The molecule has 0 aromatic heterocycles. The Labute approximate surface area is 155 Å². The molecule has 0 bridgehead atoms. The van der Waals surface area contributed by atoms with Crippen LogP contribution in [0.5, 0.6) is 5.75 Å². The van der Waals surface area contributed by atoms with E-state index in [2.05, 4.69) is 20.8 Å². The Balaban J connectivity index is 3.57. The van der Waals surface area contributed by atoms with E-state index in [9.17, 15) is 9.65 Å². The van der Waals surface area contributed by atoms with E-state index in [4.69, 9.17) is 4.74 Å². The number of rotatable bonds is 11. The Morgan fingerprint density at radius 2 is 1.44 bits per heavy atom. The molecule has 0 saturated carbocycles. The van der Waals surface area contributed by atoms with E-state index in [1.165, 1.54) is 13.2 Å². The van der Waals surface area contributed by atoms with Gasteiger partial charge in [0.15, 0.2) is 0 Å². The molecule has 0 N–H and O–H groups in total. The van der Waals surface area contributed by atoms with Crippen molar-refractivity contribution in [3.63, 3.8) is 0 Å². The summed E-state index contributed by atoms with van der Waals surface area (Å²) in [5.74, 6) is -1.79. The molecule has 0 atom stereocenters. The molecule has 0 radical (unpaired) electrons. The Bertz CT molecular complexity index is 577. The molecule has 0 saturated heterocycles. The first kappa shape index (κ1) is 22.2. The Kier molecular flexibility index (Phi) is 9.78. The molecule has 0 aliphatic rings. The Hall–Kier alpha value is -0.831. The summed E-state index contributed by atoms with van der Waals surface area (Å²) in [5, 5.41) is 9.30. The number of unbranched alkanes of at least 4 members (excludes halogenated alkanes) is 3. The first-order chi connectivity index (χ1) is 12.0. The third-order valence-electron chi connectivity index (χ3n) is 5.08. The van der Waals surface area contributed by atoms with Gasteiger partial charge in [0.05, 0.1) is 0 Å². The zero-order chi connectivity index (χ0) is 18.9. The molecule has 5 heteroatoms. The third-order valence-corrected chi connectivity index (χ3v) is 20.6. The van der Waals surface area contributed by atoms with Gasteiger partial charge >= 0.3 is 156 Å². The number of benzene rings is 1. The van der Waals surface area contributed by atoms with E-state index in [0.717, 1.165) is 51.8 Å². The number of nitriles is 1. The molecular formula is C20H31F2NOSn. The van der Waals surface area contributed by atoms with Crippen molar-refractivity contribution in [1.29, 1.82) is 5.26 Å². The second kappa shape index (κ2) is 11.0. The quantitative estimate of drug-likeness (QED) is 0.387. The van der Waals surface area contributed by atoms with Crippen molar-refractivity contribution >= 4 is 22.0 Å². The van der Waals surface area contributed by atoms with E-state index in [0.29, 0.717) is 3.58 Å². The van der Waals surface area contributed by atoms with Crippen LogP contribution in [-0.2, 0) is 0 Å². The van der Waals surface area contributed by atoms with Crippen molar-refractivity contribution in [3.05, 3.63) is 23.3 Å². The number of hydrogen-bond acceptors (Lipinski definition) is 2. The van der Waals surface area contributed by atoms with Gasteiger partial charge in [-0.3, -0.25) is 0 Å². The maximum atomic E-state index is 15.2. The summed E-state index contributed by atoms with van der Waals surface area (Å²) in [6.07, 6.45) is 6.44. The first-order valence-corrected chi connectivity index (χ1v) is 17.0. The fourth-order valence-corrected chi connectivity index (χ4v) is 19.8. The number of methoxy groups -OCH3 is 1. The molecule has 25 heavy (non-hydrogen) atoms. The standard InChI is InChI=1S/C8H4F2NO.3C4H9.Sn/c1-12-8-6(9)3-2-5(4-11)7(8)10;3*1-3-4-2;/h2H,1H3;3*1,3-4H2,2H3;. The number of nitrogens with zero attached hydrogens (tertiary/aromatic N) is 1. The van der Waals surface area contributed by atoms with Crippen LogP contribution < -0.4 is 8.32 Å². The van der Waals surface area contributed by atoms with Crippen molar-refractivity contribution in [2.24, 2.45) is 0 Å². The van der Waals surface area contributed by atoms with E-state index < -0.39 is 30.0 Å². The second-order valence-electron chi connectivity index (χ2n) is 6.84. The molecular weight excluding hydrogens is 427 g/mol. The predicted octanol–water partition coefficient (Wildman–Crippen LogP) is 5.90. The van der Waals surface area contributed by atoms with E-state index in [1.807, 2.05) is 6.07 Å². The van der Waals surface area contributed by atoms with Gasteiger partial charge in [0.2, 0.25) is 0 Å². The van der Waals surface area contributed by atoms with Crippen LogP contribution in [0.15, 0.2) is 6.07 Å². The van der Waals surface area contributed by atoms with Gasteiger partial charge in [-0.05, 0) is 0 Å². The van der Waals surface area contributed by atoms with Gasteiger partial charge in [-0.25, -0.2) is 0 Å². The molecule has 140 valence electrons. The number of halogens is 2. The molecule has 0 amide bonds. The van der Waals surface area contributed by atoms with Crippen molar-refractivity contribution in [2.75, 3.05) is 7.11 Å². The van der Waals surface area contributed by atoms with E-state index >= 15 is 4.39 Å². The average Bonchev–Trinajstić information content (AvgIpc) is 2.62. The third kappa shape index (κ3) is 5.32. The SMILES string of the molecule is CCC[CH2][Sn]([CH2]CCC)([CH2]CCC)[c]1cc(C#N)c(F)c(OC)c1F. The number of hydrogen-bond donors (Lipinski definition) is 0. The Morgan fingerprint density at radius 1 is 0.960 bits per heavy atom. The first-order valence-electron chi connectivity index (χ1n) is 9.47. The van der Waals surface area contributed by atoms with Gasteiger partial charge in [-0.1, -0.05) is 0 Å². The van der Waals surface area contributed by atoms with Crippen LogP contribution in [0.3, 0.4) is 0 Å². The fraction of sp³-hybridized carbons (Fsp3) is 0.650. The zero-order valence-corrected chi connectivity index (χ0v) is 18.9. The average molecular weight is 458 g/mol. The van der Waals surface area contributed by atoms with Crippen molar-refractivity contribution in [2.45, 2.75) is 72.6 Å². The molecule has 0 aliphatic heterocycles. The van der Waals surface area contributed by atoms with Gasteiger partial charge in [-0.15, -0.1) is 0 Å². The van der Waals surface area contributed by atoms with Gasteiger partial charge in [0, 0.05) is 0 Å². The minimum absolute atomic E-state index is 0.0844. The molecule has 0 fully saturated rings. The van der Waals surface area contributed by atoms with Crippen molar-refractivity contribution in [3.8, 4) is 11.8 Å². The summed E-state index contributed by atoms with van der Waals surface area (Å²) >= 11 is -3.10. The molecule has 2 nitrogen and oxygen atoms in total. The summed E-state index contributed by atoms with van der Waals surface area (Å²) in [6, 6.07) is 3.41. The summed E-state index contributed by atoms with van der Waals surface area (Å²) in [6.45, 7) is 6.45. The molecule has 1 rings (SSSR count). The van der Waals surface area contributed by atoms with Crippen LogP contribution in [0.25, 0.3) is 0 Å². The Morgan fingerprint density at radius 3 is 1.80 bits per heavy atom. The molecule has 0 aliphatic carbocycles. The monoisotopic (exact) mass is 459 g/mol. The summed E-state index contributed by atoms with van der Waals surface area (Å²) in [7, 11) is 1.27. The number of ether oxygens (including phenoxy) is 1. The van der Waals surface area contributed by atoms with E-state index in [1.54, 1.807) is 0 Å². The molecule has 0 unspecified atom stereocenters. The van der Waals surface area contributed by atoms with E-state index in [-0.39, 0.29) is 11.3 Å². The molecule has 1 aromatic rings. The van der Waals surface area contributed by atoms with Crippen LogP contribution in [0, 0.1) is 23.0 Å². The maximum absolute atomic E-state index is 15.2. The minimum atomic E-state index is -3.10.